The highest BCUT2D eigenvalue weighted by Gasteiger charge is 2.38. The number of nitrogens with one attached hydrogen (secondary N) is 1. The van der Waals surface area contributed by atoms with Crippen molar-refractivity contribution in [3.05, 3.63) is 58.8 Å². The van der Waals surface area contributed by atoms with E-state index in [1.54, 1.807) is 0 Å². The van der Waals surface area contributed by atoms with E-state index in [2.05, 4.69) is 24.4 Å². The first kappa shape index (κ1) is 21.8. The molecule has 0 bridgehead atoms. The second-order valence-corrected chi connectivity index (χ2v) is 8.54. The molecule has 6 heteroatoms. The van der Waals surface area contributed by atoms with E-state index in [1.807, 2.05) is 29.2 Å². The molecular formula is C25H33N3O3. The lowest BCUT2D eigenvalue weighted by molar-refractivity contribution is -0.151. The molecule has 2 aromatic rings. The Hall–Kier alpha value is -2.44. The third-order valence-corrected chi connectivity index (χ3v) is 6.34. The number of aromatic nitrogens is 1. The molecule has 0 saturated carbocycles. The first-order valence-corrected chi connectivity index (χ1v) is 11.5. The summed E-state index contributed by atoms with van der Waals surface area (Å²) in [6, 6.07) is 11.6. The van der Waals surface area contributed by atoms with Gasteiger partial charge < -0.3 is 15.2 Å². The van der Waals surface area contributed by atoms with Gasteiger partial charge in [0.15, 0.2) is 0 Å². The molecule has 1 fully saturated rings. The zero-order chi connectivity index (χ0) is 21.6. The van der Waals surface area contributed by atoms with Crippen LogP contribution in [0, 0.1) is 0 Å². The van der Waals surface area contributed by atoms with Gasteiger partial charge in [-0.1, -0.05) is 37.3 Å². The molecule has 166 valence electrons. The molecule has 0 aliphatic carbocycles. The molecule has 0 radical (unpaired) electrons. The molecule has 2 aliphatic rings. The number of rotatable bonds is 10. The van der Waals surface area contributed by atoms with Crippen molar-refractivity contribution in [3.63, 3.8) is 0 Å². The molecule has 0 amide bonds. The molecule has 4 rings (SSSR count). The van der Waals surface area contributed by atoms with Gasteiger partial charge in [-0.3, -0.25) is 9.69 Å². The minimum Gasteiger partial charge on any atom is -0.480 e. The van der Waals surface area contributed by atoms with E-state index < -0.39 is 12.0 Å². The van der Waals surface area contributed by atoms with Crippen molar-refractivity contribution in [2.45, 2.75) is 57.6 Å². The van der Waals surface area contributed by atoms with E-state index in [0.717, 1.165) is 61.3 Å². The monoisotopic (exact) mass is 423 g/mol. The fourth-order valence-electron chi connectivity index (χ4n) is 4.56. The van der Waals surface area contributed by atoms with Crippen LogP contribution in [-0.4, -0.2) is 53.3 Å². The number of anilines is 1. The zero-order valence-corrected chi connectivity index (χ0v) is 18.3. The number of carboxylic acid groups (broad SMARTS) is 1. The Labute approximate surface area is 184 Å². The Morgan fingerprint density at radius 1 is 1.26 bits per heavy atom. The van der Waals surface area contributed by atoms with Gasteiger partial charge in [0.1, 0.15) is 11.9 Å². The van der Waals surface area contributed by atoms with Crippen LogP contribution in [0.1, 0.15) is 54.6 Å². The minimum atomic E-state index is -0.786. The van der Waals surface area contributed by atoms with Gasteiger partial charge >= 0.3 is 5.97 Å². The van der Waals surface area contributed by atoms with E-state index in [0.29, 0.717) is 19.7 Å². The van der Waals surface area contributed by atoms with Crippen molar-refractivity contribution in [3.8, 4) is 0 Å². The Balaban J connectivity index is 1.18. The summed E-state index contributed by atoms with van der Waals surface area (Å²) in [5.41, 5.74) is 4.48. The summed E-state index contributed by atoms with van der Waals surface area (Å²) in [6.07, 6.45) is 6.26. The Morgan fingerprint density at radius 3 is 2.90 bits per heavy atom. The van der Waals surface area contributed by atoms with Crippen LogP contribution in [0.5, 0.6) is 0 Å². The van der Waals surface area contributed by atoms with Crippen molar-refractivity contribution >= 4 is 11.8 Å². The number of ether oxygens (including phenoxy) is 1. The quantitative estimate of drug-likeness (QED) is 0.566. The first-order chi connectivity index (χ1) is 15.2. The number of pyridine rings is 1. The number of aryl methyl sites for hydroxylation is 3. The number of nitrogens with zero attached hydrogens (tertiary/aromatic N) is 2. The normalized spacial score (nSPS) is 17.5. The highest BCUT2D eigenvalue weighted by Crippen LogP contribution is 2.30. The average Bonchev–Trinajstić information content (AvgIpc) is 2.76. The molecule has 0 unspecified atom stereocenters. The first-order valence-electron chi connectivity index (χ1n) is 11.5. The lowest BCUT2D eigenvalue weighted by Crippen LogP contribution is -2.55. The number of aliphatic carboxylic acids is 1. The van der Waals surface area contributed by atoms with E-state index >= 15 is 0 Å². The molecule has 1 aromatic carbocycles. The number of carboxylic acids is 1. The molecule has 1 atom stereocenters. The van der Waals surface area contributed by atoms with Gasteiger partial charge in [-0.15, -0.1) is 0 Å². The fraction of sp³-hybridized carbons (Fsp3) is 0.520. The number of likely N-dealkylation sites (tertiary alicyclic amines) is 1. The van der Waals surface area contributed by atoms with Crippen molar-refractivity contribution in [1.29, 1.82) is 0 Å². The zero-order valence-electron chi connectivity index (χ0n) is 18.3. The van der Waals surface area contributed by atoms with Gasteiger partial charge in [-0.25, -0.2) is 4.98 Å². The molecule has 0 spiro atoms. The summed E-state index contributed by atoms with van der Waals surface area (Å²) in [6.45, 7) is 5.14. The van der Waals surface area contributed by atoms with Crippen LogP contribution < -0.4 is 5.32 Å². The number of fused-ring (bicyclic) bond motifs is 1. The second-order valence-electron chi connectivity index (χ2n) is 8.54. The van der Waals surface area contributed by atoms with Gasteiger partial charge in [0.25, 0.3) is 0 Å². The van der Waals surface area contributed by atoms with E-state index in [-0.39, 0.29) is 6.10 Å². The maximum Gasteiger partial charge on any atom is 0.325 e. The molecule has 6 nitrogen and oxygen atoms in total. The average molecular weight is 424 g/mol. The summed E-state index contributed by atoms with van der Waals surface area (Å²) in [5, 5.41) is 13.2. The highest BCUT2D eigenvalue weighted by atomic mass is 16.5. The van der Waals surface area contributed by atoms with Crippen LogP contribution in [0.4, 0.5) is 5.82 Å². The summed E-state index contributed by atoms with van der Waals surface area (Å²) in [4.78, 5) is 18.7. The largest absolute Gasteiger partial charge is 0.480 e. The van der Waals surface area contributed by atoms with E-state index in [1.165, 1.54) is 12.0 Å². The van der Waals surface area contributed by atoms with Crippen molar-refractivity contribution < 1.29 is 14.6 Å². The Morgan fingerprint density at radius 2 is 2.10 bits per heavy atom. The van der Waals surface area contributed by atoms with Gasteiger partial charge in [-0.05, 0) is 61.3 Å². The number of hydrogen-bond acceptors (Lipinski definition) is 5. The summed E-state index contributed by atoms with van der Waals surface area (Å²) in [5.74, 6) is 0.276. The predicted molar refractivity (Wildman–Crippen MR) is 121 cm³/mol. The third kappa shape index (κ3) is 5.25. The third-order valence-electron chi connectivity index (χ3n) is 6.34. The maximum absolute atomic E-state index is 11.9. The van der Waals surface area contributed by atoms with E-state index in [9.17, 15) is 9.90 Å². The maximum atomic E-state index is 11.9. The number of carbonyl (C=O) groups is 1. The fourth-order valence-corrected chi connectivity index (χ4v) is 4.56. The number of benzene rings is 1. The molecule has 3 heterocycles. The van der Waals surface area contributed by atoms with Crippen molar-refractivity contribution in [1.82, 2.24) is 9.88 Å². The van der Waals surface area contributed by atoms with Gasteiger partial charge in [0.05, 0.1) is 6.10 Å². The number of hydrogen-bond donors (Lipinski definition) is 2. The predicted octanol–water partition coefficient (Wildman–Crippen LogP) is 3.85. The lowest BCUT2D eigenvalue weighted by Gasteiger charge is -2.42. The van der Waals surface area contributed by atoms with Crippen LogP contribution in [0.25, 0.3) is 0 Å². The van der Waals surface area contributed by atoms with E-state index in [4.69, 9.17) is 9.72 Å². The summed E-state index contributed by atoms with van der Waals surface area (Å²) < 4.78 is 5.99. The second kappa shape index (κ2) is 10.2. The summed E-state index contributed by atoms with van der Waals surface area (Å²) in [7, 11) is 0. The topological polar surface area (TPSA) is 74.7 Å². The molecule has 31 heavy (non-hydrogen) atoms. The molecule has 1 saturated heterocycles. The molecule has 2 N–H and O–H groups in total. The Kier molecular flexibility index (Phi) is 7.20. The van der Waals surface area contributed by atoms with Crippen LogP contribution in [-0.2, 0) is 28.8 Å². The van der Waals surface area contributed by atoms with Gasteiger partial charge in [-0.2, -0.15) is 0 Å². The van der Waals surface area contributed by atoms with Crippen LogP contribution >= 0.6 is 0 Å². The van der Waals surface area contributed by atoms with Gasteiger partial charge in [0, 0.05) is 31.9 Å². The standard InChI is InChI=1S/C25H33N3O3/c1-2-18-8-3-4-11-22(18)23(25(29)30)28-16-21(17-28)31-15-6-5-10-20-13-12-19-9-7-14-26-24(19)27-20/h3-4,8,11-13,21,23H,2,5-7,9-10,14-17H2,1H3,(H,26,27)(H,29,30)/t23-/m1/s1. The smallest absolute Gasteiger partial charge is 0.325 e. The van der Waals surface area contributed by atoms with Crippen LogP contribution in [0.2, 0.25) is 0 Å². The SMILES string of the molecule is CCc1ccccc1[C@H](C(=O)O)N1CC(OCCCCc2ccc3c(n2)NCCC3)C1. The minimum absolute atomic E-state index is 0.127. The van der Waals surface area contributed by atoms with Crippen LogP contribution in [0.3, 0.4) is 0 Å². The number of unbranched alkanes of at least 4 members (excludes halogenated alkanes) is 1. The molecule has 1 aromatic heterocycles. The molecular weight excluding hydrogens is 390 g/mol. The molecule has 2 aliphatic heterocycles. The highest BCUT2D eigenvalue weighted by molar-refractivity contribution is 5.76. The lowest BCUT2D eigenvalue weighted by atomic mass is 9.95. The van der Waals surface area contributed by atoms with Crippen LogP contribution in [0.15, 0.2) is 36.4 Å². The van der Waals surface area contributed by atoms with Gasteiger partial charge in [0.2, 0.25) is 0 Å². The van der Waals surface area contributed by atoms with Crippen molar-refractivity contribution in [2.75, 3.05) is 31.6 Å². The summed E-state index contributed by atoms with van der Waals surface area (Å²) >= 11 is 0. The van der Waals surface area contributed by atoms with Crippen molar-refractivity contribution in [2.24, 2.45) is 0 Å². The Bertz CT molecular complexity index is 895.